The highest BCUT2D eigenvalue weighted by Crippen LogP contribution is 2.22. The number of ether oxygens (including phenoxy) is 1. The standard InChI is InChI=1S/C13H19ClN2O/c1-13(2)9-16(5-6-17-13)8-10-3-4-11(14)7-12(10)15/h3-4,7H,5-6,8-9,15H2,1-2H3. The van der Waals surface area contributed by atoms with Crippen LogP contribution in [0, 0.1) is 0 Å². The van der Waals surface area contributed by atoms with Crippen molar-refractivity contribution < 1.29 is 4.74 Å². The maximum Gasteiger partial charge on any atom is 0.0753 e. The van der Waals surface area contributed by atoms with Gasteiger partial charge in [-0.15, -0.1) is 0 Å². The summed E-state index contributed by atoms with van der Waals surface area (Å²) in [6.07, 6.45) is 0. The first-order chi connectivity index (χ1) is 7.96. The molecule has 1 saturated heterocycles. The Morgan fingerprint density at radius 2 is 2.24 bits per heavy atom. The highest BCUT2D eigenvalue weighted by molar-refractivity contribution is 6.30. The first-order valence-electron chi connectivity index (χ1n) is 5.86. The molecule has 1 aromatic carbocycles. The van der Waals surface area contributed by atoms with Gasteiger partial charge in [0.1, 0.15) is 0 Å². The van der Waals surface area contributed by atoms with Crippen LogP contribution < -0.4 is 5.73 Å². The van der Waals surface area contributed by atoms with Crippen molar-refractivity contribution in [3.05, 3.63) is 28.8 Å². The molecule has 3 nitrogen and oxygen atoms in total. The van der Waals surface area contributed by atoms with E-state index in [-0.39, 0.29) is 5.60 Å². The third kappa shape index (κ3) is 3.35. The zero-order chi connectivity index (χ0) is 12.5. The summed E-state index contributed by atoms with van der Waals surface area (Å²) in [5.41, 5.74) is 7.79. The van der Waals surface area contributed by atoms with Gasteiger partial charge in [0.05, 0.1) is 12.2 Å². The molecule has 0 saturated carbocycles. The number of nitrogen functional groups attached to an aromatic ring is 1. The van der Waals surface area contributed by atoms with E-state index in [2.05, 4.69) is 18.7 Å². The molecule has 1 fully saturated rings. The largest absolute Gasteiger partial charge is 0.398 e. The predicted molar refractivity (Wildman–Crippen MR) is 71.2 cm³/mol. The van der Waals surface area contributed by atoms with E-state index in [9.17, 15) is 0 Å². The van der Waals surface area contributed by atoms with E-state index in [0.717, 1.165) is 37.5 Å². The summed E-state index contributed by atoms with van der Waals surface area (Å²) in [6.45, 7) is 7.74. The van der Waals surface area contributed by atoms with Crippen LogP contribution in [0.15, 0.2) is 18.2 Å². The lowest BCUT2D eigenvalue weighted by molar-refractivity contribution is -0.0882. The lowest BCUT2D eigenvalue weighted by Crippen LogP contribution is -2.47. The van der Waals surface area contributed by atoms with Gasteiger partial charge >= 0.3 is 0 Å². The fourth-order valence-electron chi connectivity index (χ4n) is 2.20. The third-order valence-corrected chi connectivity index (χ3v) is 3.24. The second kappa shape index (κ2) is 4.84. The number of halogens is 1. The Morgan fingerprint density at radius 3 is 2.88 bits per heavy atom. The van der Waals surface area contributed by atoms with Crippen LogP contribution in [0.5, 0.6) is 0 Å². The Hall–Kier alpha value is -0.770. The van der Waals surface area contributed by atoms with Gasteiger partial charge in [-0.05, 0) is 31.5 Å². The number of nitrogens with two attached hydrogens (primary N) is 1. The van der Waals surface area contributed by atoms with Gasteiger partial charge in [0.25, 0.3) is 0 Å². The minimum Gasteiger partial charge on any atom is -0.398 e. The van der Waals surface area contributed by atoms with Crippen molar-refractivity contribution in [2.45, 2.75) is 26.0 Å². The summed E-state index contributed by atoms with van der Waals surface area (Å²) >= 11 is 5.89. The first-order valence-corrected chi connectivity index (χ1v) is 6.24. The number of benzene rings is 1. The molecule has 1 aliphatic rings. The molecule has 17 heavy (non-hydrogen) atoms. The van der Waals surface area contributed by atoms with Crippen LogP contribution in [0.3, 0.4) is 0 Å². The Balaban J connectivity index is 2.05. The van der Waals surface area contributed by atoms with E-state index >= 15 is 0 Å². The lowest BCUT2D eigenvalue weighted by atomic mass is 10.1. The van der Waals surface area contributed by atoms with E-state index in [4.69, 9.17) is 22.1 Å². The van der Waals surface area contributed by atoms with Gasteiger partial charge in [0, 0.05) is 30.3 Å². The lowest BCUT2D eigenvalue weighted by Gasteiger charge is -2.38. The van der Waals surface area contributed by atoms with Gasteiger partial charge in [-0.1, -0.05) is 17.7 Å². The highest BCUT2D eigenvalue weighted by Gasteiger charge is 2.27. The Morgan fingerprint density at radius 1 is 1.47 bits per heavy atom. The number of rotatable bonds is 2. The van der Waals surface area contributed by atoms with Crippen LogP contribution in [0.25, 0.3) is 0 Å². The molecule has 0 spiro atoms. The molecule has 1 heterocycles. The maximum absolute atomic E-state index is 5.96. The second-order valence-electron chi connectivity index (χ2n) is 5.16. The number of morpholine rings is 1. The van der Waals surface area contributed by atoms with Crippen LogP contribution in [0.1, 0.15) is 19.4 Å². The molecule has 0 atom stereocenters. The molecule has 0 amide bonds. The molecule has 0 aliphatic carbocycles. The van der Waals surface area contributed by atoms with E-state index in [1.54, 1.807) is 0 Å². The average Bonchev–Trinajstić information content (AvgIpc) is 2.21. The number of hydrogen-bond donors (Lipinski definition) is 1. The van der Waals surface area contributed by atoms with Gasteiger partial charge in [0.2, 0.25) is 0 Å². The van der Waals surface area contributed by atoms with Crippen LogP contribution in [-0.4, -0.2) is 30.2 Å². The minimum absolute atomic E-state index is 0.0700. The summed E-state index contributed by atoms with van der Waals surface area (Å²) in [4.78, 5) is 2.36. The Labute approximate surface area is 107 Å². The fraction of sp³-hybridized carbons (Fsp3) is 0.538. The molecule has 4 heteroatoms. The predicted octanol–water partition coefficient (Wildman–Crippen LogP) is 2.53. The number of hydrogen-bond acceptors (Lipinski definition) is 3. The molecule has 2 N–H and O–H groups in total. The molecular formula is C13H19ClN2O. The van der Waals surface area contributed by atoms with E-state index in [0.29, 0.717) is 5.02 Å². The van der Waals surface area contributed by atoms with Crippen molar-refractivity contribution in [1.82, 2.24) is 4.90 Å². The Kier molecular flexibility index (Phi) is 3.61. The van der Waals surface area contributed by atoms with Crippen molar-refractivity contribution in [2.24, 2.45) is 0 Å². The quantitative estimate of drug-likeness (QED) is 0.825. The molecule has 0 radical (unpaired) electrons. The molecule has 0 aromatic heterocycles. The molecule has 0 unspecified atom stereocenters. The minimum atomic E-state index is -0.0700. The van der Waals surface area contributed by atoms with Gasteiger partial charge in [-0.2, -0.15) is 0 Å². The third-order valence-electron chi connectivity index (χ3n) is 3.01. The van der Waals surface area contributed by atoms with E-state index in [1.807, 2.05) is 18.2 Å². The van der Waals surface area contributed by atoms with Crippen molar-refractivity contribution in [3.8, 4) is 0 Å². The van der Waals surface area contributed by atoms with Gasteiger partial charge < -0.3 is 10.5 Å². The van der Waals surface area contributed by atoms with Gasteiger partial charge in [0.15, 0.2) is 0 Å². The van der Waals surface area contributed by atoms with Crippen LogP contribution in [0.2, 0.25) is 5.02 Å². The second-order valence-corrected chi connectivity index (χ2v) is 5.60. The molecule has 2 rings (SSSR count). The summed E-state index contributed by atoms with van der Waals surface area (Å²) < 4.78 is 5.69. The van der Waals surface area contributed by atoms with Crippen LogP contribution in [0.4, 0.5) is 5.69 Å². The number of nitrogens with zero attached hydrogens (tertiary/aromatic N) is 1. The zero-order valence-corrected chi connectivity index (χ0v) is 11.1. The molecule has 0 bridgehead atoms. The maximum atomic E-state index is 5.96. The van der Waals surface area contributed by atoms with Crippen molar-refractivity contribution in [1.29, 1.82) is 0 Å². The fourth-order valence-corrected chi connectivity index (χ4v) is 2.38. The SMILES string of the molecule is CC1(C)CN(Cc2ccc(Cl)cc2N)CCO1. The topological polar surface area (TPSA) is 38.5 Å². The highest BCUT2D eigenvalue weighted by atomic mass is 35.5. The average molecular weight is 255 g/mol. The molecule has 94 valence electrons. The summed E-state index contributed by atoms with van der Waals surface area (Å²) in [7, 11) is 0. The Bertz CT molecular complexity index is 406. The summed E-state index contributed by atoms with van der Waals surface area (Å²) in [6, 6.07) is 5.70. The van der Waals surface area contributed by atoms with Crippen molar-refractivity contribution in [2.75, 3.05) is 25.4 Å². The summed E-state index contributed by atoms with van der Waals surface area (Å²) in [5, 5.41) is 0.688. The normalized spacial score (nSPS) is 20.4. The monoisotopic (exact) mass is 254 g/mol. The van der Waals surface area contributed by atoms with Crippen molar-refractivity contribution >= 4 is 17.3 Å². The molecular weight excluding hydrogens is 236 g/mol. The molecule has 1 aromatic rings. The van der Waals surface area contributed by atoms with Crippen molar-refractivity contribution in [3.63, 3.8) is 0 Å². The summed E-state index contributed by atoms with van der Waals surface area (Å²) in [5.74, 6) is 0. The van der Waals surface area contributed by atoms with Gasteiger partial charge in [-0.3, -0.25) is 4.90 Å². The number of anilines is 1. The van der Waals surface area contributed by atoms with Crippen LogP contribution in [-0.2, 0) is 11.3 Å². The smallest absolute Gasteiger partial charge is 0.0753 e. The first kappa shape index (κ1) is 12.7. The zero-order valence-electron chi connectivity index (χ0n) is 10.4. The molecule has 1 aliphatic heterocycles. The van der Waals surface area contributed by atoms with E-state index < -0.39 is 0 Å². The van der Waals surface area contributed by atoms with E-state index in [1.165, 1.54) is 0 Å². The van der Waals surface area contributed by atoms with Gasteiger partial charge in [-0.25, -0.2) is 0 Å². The van der Waals surface area contributed by atoms with Crippen LogP contribution >= 0.6 is 11.6 Å².